The van der Waals surface area contributed by atoms with Crippen molar-refractivity contribution in [2.75, 3.05) is 5.32 Å². The Bertz CT molecular complexity index is 976. The standard InChI is InChI=1S/C24H27NO6/c1-14(20(26)16-10-12-17(13-11-16)25-23(28)24(3,4)5)30-22(27)21-15(2)29-18-8-6-7-9-19(18)31-21/h6-15,21H,1-5H3,(H,25,28). The Morgan fingerprint density at radius 1 is 0.968 bits per heavy atom. The third kappa shape index (κ3) is 5.23. The summed E-state index contributed by atoms with van der Waals surface area (Å²) < 4.78 is 16.8. The number of anilines is 1. The van der Waals surface area contributed by atoms with Crippen LogP contribution in [-0.2, 0) is 14.3 Å². The Morgan fingerprint density at radius 3 is 2.13 bits per heavy atom. The number of fused-ring (bicyclic) bond motifs is 1. The molecule has 2 aromatic carbocycles. The lowest BCUT2D eigenvalue weighted by molar-refractivity contribution is -0.160. The highest BCUT2D eigenvalue weighted by Gasteiger charge is 2.37. The molecule has 31 heavy (non-hydrogen) atoms. The number of carbonyl (C=O) groups is 3. The van der Waals surface area contributed by atoms with Crippen LogP contribution in [0.15, 0.2) is 48.5 Å². The molecule has 0 spiro atoms. The zero-order valence-electron chi connectivity index (χ0n) is 18.3. The SMILES string of the molecule is CC(OC(=O)C1Oc2ccccc2OC1C)C(=O)c1ccc(NC(=O)C(C)(C)C)cc1. The fourth-order valence-electron chi connectivity index (χ4n) is 2.95. The molecule has 0 aromatic heterocycles. The van der Waals surface area contributed by atoms with Crippen molar-refractivity contribution in [3.8, 4) is 11.5 Å². The van der Waals surface area contributed by atoms with Gasteiger partial charge in [-0.15, -0.1) is 0 Å². The maximum atomic E-state index is 12.7. The number of esters is 1. The molecule has 3 atom stereocenters. The summed E-state index contributed by atoms with van der Waals surface area (Å²) in [6, 6.07) is 13.5. The molecule has 0 aliphatic carbocycles. The summed E-state index contributed by atoms with van der Waals surface area (Å²) in [4.78, 5) is 37.4. The number of amides is 1. The number of nitrogens with one attached hydrogen (secondary N) is 1. The molecule has 1 aliphatic heterocycles. The lowest BCUT2D eigenvalue weighted by atomic mass is 9.95. The maximum Gasteiger partial charge on any atom is 0.352 e. The first-order valence-corrected chi connectivity index (χ1v) is 10.1. The number of para-hydroxylation sites is 2. The minimum atomic E-state index is -1.00. The molecule has 164 valence electrons. The van der Waals surface area contributed by atoms with E-state index in [1.807, 2.05) is 26.8 Å². The van der Waals surface area contributed by atoms with Crippen LogP contribution in [0.4, 0.5) is 5.69 Å². The number of rotatable bonds is 5. The Labute approximate surface area is 181 Å². The van der Waals surface area contributed by atoms with E-state index in [2.05, 4.69) is 5.32 Å². The average molecular weight is 425 g/mol. The van der Waals surface area contributed by atoms with Gasteiger partial charge in [0.05, 0.1) is 0 Å². The van der Waals surface area contributed by atoms with Crippen LogP contribution < -0.4 is 14.8 Å². The molecule has 0 saturated heterocycles. The lowest BCUT2D eigenvalue weighted by Gasteiger charge is -2.31. The topological polar surface area (TPSA) is 90.9 Å². The van der Waals surface area contributed by atoms with E-state index in [1.165, 1.54) is 6.92 Å². The highest BCUT2D eigenvalue weighted by Crippen LogP contribution is 2.33. The van der Waals surface area contributed by atoms with Gasteiger partial charge in [0.15, 0.2) is 17.6 Å². The van der Waals surface area contributed by atoms with E-state index >= 15 is 0 Å². The predicted molar refractivity (Wildman–Crippen MR) is 115 cm³/mol. The number of benzene rings is 2. The second kappa shape index (κ2) is 8.79. The molecule has 3 unspecified atom stereocenters. The highest BCUT2D eigenvalue weighted by atomic mass is 16.6. The van der Waals surface area contributed by atoms with Gasteiger partial charge in [-0.05, 0) is 50.2 Å². The molecule has 7 heteroatoms. The molecule has 0 fully saturated rings. The number of ketones is 1. The van der Waals surface area contributed by atoms with Gasteiger partial charge in [0.25, 0.3) is 0 Å². The van der Waals surface area contributed by atoms with E-state index in [0.717, 1.165) is 0 Å². The molecule has 1 aliphatic rings. The van der Waals surface area contributed by atoms with Gasteiger partial charge >= 0.3 is 5.97 Å². The molecule has 1 amide bonds. The van der Waals surface area contributed by atoms with Crippen LogP contribution in [0.1, 0.15) is 45.0 Å². The molecular formula is C24H27NO6. The molecule has 0 radical (unpaired) electrons. The summed E-state index contributed by atoms with van der Waals surface area (Å²) in [5.41, 5.74) is 0.425. The number of ether oxygens (including phenoxy) is 3. The molecule has 7 nitrogen and oxygen atoms in total. The van der Waals surface area contributed by atoms with Crippen LogP contribution in [0.2, 0.25) is 0 Å². The number of hydrogen-bond donors (Lipinski definition) is 1. The number of hydrogen-bond acceptors (Lipinski definition) is 6. The monoisotopic (exact) mass is 425 g/mol. The Morgan fingerprint density at radius 2 is 1.55 bits per heavy atom. The van der Waals surface area contributed by atoms with E-state index in [4.69, 9.17) is 14.2 Å². The van der Waals surface area contributed by atoms with Crippen LogP contribution in [-0.4, -0.2) is 36.0 Å². The Kier molecular flexibility index (Phi) is 6.34. The van der Waals surface area contributed by atoms with Gasteiger partial charge in [-0.3, -0.25) is 9.59 Å². The van der Waals surface area contributed by atoms with E-state index in [9.17, 15) is 14.4 Å². The van der Waals surface area contributed by atoms with Gasteiger partial charge in [0.1, 0.15) is 6.10 Å². The zero-order chi connectivity index (χ0) is 22.8. The smallest absolute Gasteiger partial charge is 0.352 e. The minimum Gasteiger partial charge on any atom is -0.482 e. The molecular weight excluding hydrogens is 398 g/mol. The first-order valence-electron chi connectivity index (χ1n) is 10.1. The zero-order valence-corrected chi connectivity index (χ0v) is 18.3. The molecule has 3 rings (SSSR count). The first kappa shape index (κ1) is 22.3. The van der Waals surface area contributed by atoms with Crippen molar-refractivity contribution in [3.63, 3.8) is 0 Å². The fourth-order valence-corrected chi connectivity index (χ4v) is 2.95. The summed E-state index contributed by atoms with van der Waals surface area (Å²) in [5.74, 6) is -0.140. The fraction of sp³-hybridized carbons (Fsp3) is 0.375. The third-order valence-electron chi connectivity index (χ3n) is 4.85. The number of Topliss-reactive ketones (excluding diaryl/α,β-unsaturated/α-hetero) is 1. The third-order valence-corrected chi connectivity index (χ3v) is 4.85. The van der Waals surface area contributed by atoms with Crippen molar-refractivity contribution in [1.29, 1.82) is 0 Å². The van der Waals surface area contributed by atoms with Crippen LogP contribution in [0.3, 0.4) is 0 Å². The van der Waals surface area contributed by atoms with Crippen molar-refractivity contribution >= 4 is 23.3 Å². The quantitative estimate of drug-likeness (QED) is 0.575. The predicted octanol–water partition coefficient (Wildman–Crippen LogP) is 4.01. The minimum absolute atomic E-state index is 0.126. The summed E-state index contributed by atoms with van der Waals surface area (Å²) in [7, 11) is 0. The average Bonchev–Trinajstić information content (AvgIpc) is 2.72. The molecule has 1 N–H and O–H groups in total. The van der Waals surface area contributed by atoms with E-state index < -0.39 is 29.7 Å². The highest BCUT2D eigenvalue weighted by molar-refractivity contribution is 6.01. The van der Waals surface area contributed by atoms with Gasteiger partial charge in [-0.2, -0.15) is 0 Å². The van der Waals surface area contributed by atoms with Gasteiger partial charge < -0.3 is 19.5 Å². The lowest BCUT2D eigenvalue weighted by Crippen LogP contribution is -2.46. The Balaban J connectivity index is 1.61. The van der Waals surface area contributed by atoms with E-state index in [0.29, 0.717) is 22.7 Å². The first-order chi connectivity index (χ1) is 14.6. The maximum absolute atomic E-state index is 12.7. The van der Waals surface area contributed by atoms with Gasteiger partial charge in [-0.25, -0.2) is 4.79 Å². The van der Waals surface area contributed by atoms with Gasteiger partial charge in [-0.1, -0.05) is 32.9 Å². The summed E-state index contributed by atoms with van der Waals surface area (Å²) >= 11 is 0. The van der Waals surface area contributed by atoms with Crippen molar-refractivity contribution in [3.05, 3.63) is 54.1 Å². The summed E-state index contributed by atoms with van der Waals surface area (Å²) in [6.07, 6.45) is -2.54. The van der Waals surface area contributed by atoms with Crippen LogP contribution in [0.25, 0.3) is 0 Å². The van der Waals surface area contributed by atoms with Crippen LogP contribution in [0.5, 0.6) is 11.5 Å². The van der Waals surface area contributed by atoms with Gasteiger partial charge in [0.2, 0.25) is 17.8 Å². The van der Waals surface area contributed by atoms with Crippen LogP contribution in [0, 0.1) is 5.41 Å². The van der Waals surface area contributed by atoms with E-state index in [1.54, 1.807) is 49.4 Å². The summed E-state index contributed by atoms with van der Waals surface area (Å²) in [6.45, 7) is 8.67. The normalized spacial score (nSPS) is 18.6. The second-order valence-corrected chi connectivity index (χ2v) is 8.53. The van der Waals surface area contributed by atoms with Crippen molar-refractivity contribution in [1.82, 2.24) is 0 Å². The van der Waals surface area contributed by atoms with Crippen molar-refractivity contribution in [2.45, 2.75) is 52.9 Å². The van der Waals surface area contributed by atoms with E-state index in [-0.39, 0.29) is 11.7 Å². The number of carbonyl (C=O) groups excluding carboxylic acids is 3. The largest absolute Gasteiger partial charge is 0.482 e. The van der Waals surface area contributed by atoms with Crippen molar-refractivity contribution in [2.24, 2.45) is 5.41 Å². The van der Waals surface area contributed by atoms with Crippen molar-refractivity contribution < 1.29 is 28.6 Å². The molecule has 2 aromatic rings. The molecule has 0 bridgehead atoms. The Hall–Kier alpha value is -3.35. The van der Waals surface area contributed by atoms with Gasteiger partial charge in [0, 0.05) is 16.7 Å². The second-order valence-electron chi connectivity index (χ2n) is 8.53. The molecule has 1 heterocycles. The van der Waals surface area contributed by atoms with Crippen LogP contribution >= 0.6 is 0 Å². The molecule has 0 saturated carbocycles. The summed E-state index contributed by atoms with van der Waals surface area (Å²) in [5, 5.41) is 2.80.